The van der Waals surface area contributed by atoms with Gasteiger partial charge in [-0.05, 0) is 11.2 Å². The Labute approximate surface area is 94.4 Å². The van der Waals surface area contributed by atoms with Crippen molar-refractivity contribution in [1.82, 2.24) is 10.4 Å². The van der Waals surface area contributed by atoms with Crippen molar-refractivity contribution >= 4 is 22.8 Å². The van der Waals surface area contributed by atoms with E-state index in [4.69, 9.17) is 5.84 Å². The van der Waals surface area contributed by atoms with Crippen LogP contribution in [0.5, 0.6) is 0 Å². The molecule has 3 N–H and O–H groups in total. The summed E-state index contributed by atoms with van der Waals surface area (Å²) in [5.41, 5.74) is -0.231. The van der Waals surface area contributed by atoms with Gasteiger partial charge in [0.2, 0.25) is 0 Å². The molecule has 1 heterocycles. The van der Waals surface area contributed by atoms with E-state index in [1.54, 1.807) is 0 Å². The number of nitrogens with one attached hydrogen (secondary N) is 1. The Morgan fingerprint density at radius 1 is 1.60 bits per heavy atom. The van der Waals surface area contributed by atoms with Crippen molar-refractivity contribution in [3.63, 3.8) is 0 Å². The van der Waals surface area contributed by atoms with E-state index < -0.39 is 6.04 Å². The van der Waals surface area contributed by atoms with Crippen molar-refractivity contribution in [2.24, 2.45) is 16.4 Å². The Balaban J connectivity index is 2.85. The van der Waals surface area contributed by atoms with Crippen LogP contribution in [0.2, 0.25) is 0 Å². The first-order valence-corrected chi connectivity index (χ1v) is 5.91. The molecule has 0 aliphatic carbocycles. The summed E-state index contributed by atoms with van der Waals surface area (Å²) in [6.45, 7) is 7.88. The third-order valence-electron chi connectivity index (χ3n) is 2.05. The number of hydrazine groups is 1. The second-order valence-electron chi connectivity index (χ2n) is 4.48. The molecule has 1 amide bonds. The zero-order chi connectivity index (χ0) is 11.6. The molecule has 1 aliphatic heterocycles. The maximum absolute atomic E-state index is 11.8. The Bertz CT molecular complexity index is 284. The minimum atomic E-state index is -0.418. The lowest BCUT2D eigenvalue weighted by Gasteiger charge is -2.37. The zero-order valence-corrected chi connectivity index (χ0v) is 10.4. The van der Waals surface area contributed by atoms with Gasteiger partial charge in [0.15, 0.2) is 5.17 Å². The molecular weight excluding hydrogens is 212 g/mol. The van der Waals surface area contributed by atoms with Gasteiger partial charge in [-0.1, -0.05) is 39.5 Å². The van der Waals surface area contributed by atoms with Crippen LogP contribution in [0.1, 0.15) is 27.7 Å². The number of amides is 1. The molecule has 1 atom stereocenters. The van der Waals surface area contributed by atoms with Crippen LogP contribution in [-0.2, 0) is 4.79 Å². The highest BCUT2D eigenvalue weighted by Gasteiger charge is 2.38. The van der Waals surface area contributed by atoms with E-state index in [0.29, 0.717) is 5.17 Å². The lowest BCUT2D eigenvalue weighted by Crippen LogP contribution is -2.59. The predicted octanol–water partition coefficient (Wildman–Crippen LogP) is 0.731. The van der Waals surface area contributed by atoms with Crippen LogP contribution in [-0.4, -0.2) is 28.0 Å². The lowest BCUT2D eigenvalue weighted by atomic mass is 9.86. The smallest absolute Gasteiger partial charge is 0.252 e. The van der Waals surface area contributed by atoms with E-state index in [1.807, 2.05) is 27.7 Å². The van der Waals surface area contributed by atoms with E-state index in [1.165, 1.54) is 16.9 Å². The fraction of sp³-hybridized carbons (Fsp3) is 0.778. The Kier molecular flexibility index (Phi) is 3.62. The van der Waals surface area contributed by atoms with Gasteiger partial charge in [-0.25, -0.2) is 11.0 Å². The van der Waals surface area contributed by atoms with Crippen LogP contribution >= 0.6 is 11.8 Å². The minimum Gasteiger partial charge on any atom is -0.302 e. The Morgan fingerprint density at radius 2 is 2.20 bits per heavy atom. The Hall–Kier alpha value is -0.750. The third kappa shape index (κ3) is 2.85. The number of nitrogens with two attached hydrogens (primary N) is 1. The number of rotatable bonds is 1. The van der Waals surface area contributed by atoms with Crippen molar-refractivity contribution in [3.05, 3.63) is 0 Å². The molecule has 86 valence electrons. The van der Waals surface area contributed by atoms with Crippen LogP contribution in [0.15, 0.2) is 5.10 Å². The topological polar surface area (TPSA) is 70.7 Å². The van der Waals surface area contributed by atoms with Crippen molar-refractivity contribution in [1.29, 1.82) is 0 Å². The number of hydrogen-bond donors (Lipinski definition) is 2. The van der Waals surface area contributed by atoms with E-state index in [-0.39, 0.29) is 11.3 Å². The second kappa shape index (κ2) is 4.40. The molecule has 1 unspecified atom stereocenters. The van der Waals surface area contributed by atoms with Gasteiger partial charge in [0.25, 0.3) is 5.91 Å². The van der Waals surface area contributed by atoms with Gasteiger partial charge in [0, 0.05) is 0 Å². The monoisotopic (exact) mass is 230 g/mol. The first-order valence-electron chi connectivity index (χ1n) is 4.92. The van der Waals surface area contributed by atoms with Crippen LogP contribution in [0.3, 0.4) is 0 Å². The molecule has 0 spiro atoms. The number of carbonyl (C=O) groups excluding carboxylic acids is 1. The van der Waals surface area contributed by atoms with E-state index in [0.717, 1.165) is 5.75 Å². The number of nitrogens with zero attached hydrogens (tertiary/aromatic N) is 2. The number of hydrogen-bond acceptors (Lipinski definition) is 5. The molecule has 0 radical (unpaired) electrons. The van der Waals surface area contributed by atoms with Crippen LogP contribution in [0, 0.1) is 5.41 Å². The minimum absolute atomic E-state index is 0.0871. The molecule has 0 saturated heterocycles. The molecule has 0 aromatic heterocycles. The highest BCUT2D eigenvalue weighted by atomic mass is 32.2. The quantitative estimate of drug-likeness (QED) is 0.652. The van der Waals surface area contributed by atoms with E-state index >= 15 is 0 Å². The molecule has 5 nitrogen and oxygen atoms in total. The predicted molar refractivity (Wildman–Crippen MR) is 63.0 cm³/mol. The molecule has 0 aromatic carbocycles. The first-order chi connectivity index (χ1) is 6.86. The summed E-state index contributed by atoms with van der Waals surface area (Å²) < 4.78 is 0. The highest BCUT2D eigenvalue weighted by molar-refractivity contribution is 8.13. The molecule has 1 aliphatic rings. The zero-order valence-electron chi connectivity index (χ0n) is 9.57. The molecule has 0 saturated carbocycles. The SMILES string of the molecule is CCSC1=NN(N)C(C(C)(C)C)C(=O)N1. The maximum Gasteiger partial charge on any atom is 0.252 e. The highest BCUT2D eigenvalue weighted by Crippen LogP contribution is 2.25. The summed E-state index contributed by atoms with van der Waals surface area (Å²) in [7, 11) is 0. The van der Waals surface area contributed by atoms with Crippen LogP contribution in [0.25, 0.3) is 0 Å². The summed E-state index contributed by atoms with van der Waals surface area (Å²) in [6.07, 6.45) is 0. The summed E-state index contributed by atoms with van der Waals surface area (Å²) in [5.74, 6) is 6.52. The average Bonchev–Trinajstić information content (AvgIpc) is 1.99. The normalized spacial score (nSPS) is 22.5. The number of thioether (sulfide) groups is 1. The number of amidine groups is 1. The van der Waals surface area contributed by atoms with Gasteiger partial charge in [0.05, 0.1) is 0 Å². The third-order valence-corrected chi connectivity index (χ3v) is 2.80. The largest absolute Gasteiger partial charge is 0.302 e. The molecule has 0 aromatic rings. The second-order valence-corrected chi connectivity index (χ2v) is 5.73. The fourth-order valence-electron chi connectivity index (χ4n) is 1.47. The fourth-order valence-corrected chi connectivity index (χ4v) is 2.07. The molecule has 0 fully saturated rings. The van der Waals surface area contributed by atoms with E-state index in [2.05, 4.69) is 10.4 Å². The summed E-state index contributed by atoms with van der Waals surface area (Å²) >= 11 is 1.47. The van der Waals surface area contributed by atoms with Gasteiger partial charge >= 0.3 is 0 Å². The summed E-state index contributed by atoms with van der Waals surface area (Å²) in [6, 6.07) is -0.418. The Morgan fingerprint density at radius 3 is 2.60 bits per heavy atom. The van der Waals surface area contributed by atoms with Gasteiger partial charge in [-0.2, -0.15) is 0 Å². The molecule has 0 bridgehead atoms. The van der Waals surface area contributed by atoms with Gasteiger partial charge in [-0.15, -0.1) is 5.10 Å². The van der Waals surface area contributed by atoms with Crippen molar-refractivity contribution in [3.8, 4) is 0 Å². The van der Waals surface area contributed by atoms with Crippen LogP contribution < -0.4 is 11.2 Å². The first kappa shape index (κ1) is 12.3. The maximum atomic E-state index is 11.8. The van der Waals surface area contributed by atoms with Gasteiger partial charge in [0.1, 0.15) is 6.04 Å². The van der Waals surface area contributed by atoms with Crippen molar-refractivity contribution in [2.45, 2.75) is 33.7 Å². The molecule has 1 rings (SSSR count). The van der Waals surface area contributed by atoms with Gasteiger partial charge in [-0.3, -0.25) is 4.79 Å². The molecule has 15 heavy (non-hydrogen) atoms. The lowest BCUT2D eigenvalue weighted by molar-refractivity contribution is -0.130. The number of hydrazone groups is 1. The average molecular weight is 230 g/mol. The van der Waals surface area contributed by atoms with Gasteiger partial charge < -0.3 is 5.32 Å². The van der Waals surface area contributed by atoms with Crippen LogP contribution in [0.4, 0.5) is 0 Å². The summed E-state index contributed by atoms with van der Waals surface area (Å²) in [4.78, 5) is 11.8. The van der Waals surface area contributed by atoms with E-state index in [9.17, 15) is 4.79 Å². The van der Waals surface area contributed by atoms with Crippen molar-refractivity contribution < 1.29 is 4.79 Å². The summed E-state index contributed by atoms with van der Waals surface area (Å²) in [5, 5.41) is 8.72. The molecule has 6 heteroatoms. The van der Waals surface area contributed by atoms with Crippen molar-refractivity contribution in [2.75, 3.05) is 5.75 Å². The molecular formula is C9H18N4OS. The standard InChI is InChI=1S/C9H18N4OS/c1-5-15-8-11-7(14)6(9(2,3)4)13(10)12-8/h6H,5,10H2,1-4H3,(H,11,12,14). The number of carbonyl (C=O) groups is 1.